The van der Waals surface area contributed by atoms with Gasteiger partial charge in [0, 0.05) is 11.5 Å². The largest absolute Gasteiger partial charge is 0.330 e. The summed E-state index contributed by atoms with van der Waals surface area (Å²) in [7, 11) is 0. The Bertz CT molecular complexity index is 160. The maximum atomic E-state index is 10.5. The first-order valence-electron chi connectivity index (χ1n) is 2.76. The number of thioether (sulfide) groups is 1. The summed E-state index contributed by atoms with van der Waals surface area (Å²) in [4.78, 5) is 14.2. The summed E-state index contributed by atoms with van der Waals surface area (Å²) in [5.74, 6) is 0.746. The molecular weight excluding hydrogens is 172 g/mol. The second kappa shape index (κ2) is 4.71. The molecule has 0 bridgehead atoms. The number of rotatable bonds is 2. The summed E-state index contributed by atoms with van der Waals surface area (Å²) >= 11 is 1.25. The average molecular weight is 181 g/mol. The van der Waals surface area contributed by atoms with Crippen molar-refractivity contribution in [1.29, 1.82) is 0 Å². The standard InChI is InChI=1S/C5H8N2OS.ClH/c6-2-1-4-3-9-5(8)7-4;/h1-3,6H2;1H. The summed E-state index contributed by atoms with van der Waals surface area (Å²) in [6, 6.07) is 0. The number of halogens is 1. The van der Waals surface area contributed by atoms with E-state index in [4.69, 9.17) is 5.73 Å². The van der Waals surface area contributed by atoms with Crippen LogP contribution in [-0.2, 0) is 0 Å². The van der Waals surface area contributed by atoms with Crippen molar-refractivity contribution in [1.82, 2.24) is 0 Å². The summed E-state index contributed by atoms with van der Waals surface area (Å²) < 4.78 is 0. The molecule has 58 valence electrons. The Labute approximate surface area is 69.9 Å². The zero-order valence-corrected chi connectivity index (χ0v) is 7.00. The molecule has 3 nitrogen and oxygen atoms in total. The van der Waals surface area contributed by atoms with E-state index in [-0.39, 0.29) is 17.6 Å². The minimum absolute atomic E-state index is 0. The highest BCUT2D eigenvalue weighted by Gasteiger charge is 2.12. The number of nitrogens with two attached hydrogens (primary N) is 1. The van der Waals surface area contributed by atoms with Crippen LogP contribution in [0.3, 0.4) is 0 Å². The molecule has 0 fully saturated rings. The van der Waals surface area contributed by atoms with Crippen LogP contribution in [0.15, 0.2) is 4.99 Å². The van der Waals surface area contributed by atoms with Crippen molar-refractivity contribution in [2.75, 3.05) is 12.3 Å². The number of aliphatic imine (C=N–C) groups is 1. The first-order valence-corrected chi connectivity index (χ1v) is 3.75. The van der Waals surface area contributed by atoms with Crippen LogP contribution in [0.4, 0.5) is 4.79 Å². The summed E-state index contributed by atoms with van der Waals surface area (Å²) in [6.07, 6.45) is 0.763. The van der Waals surface area contributed by atoms with E-state index in [2.05, 4.69) is 4.99 Å². The molecule has 0 aromatic rings. The molecule has 1 aliphatic rings. The van der Waals surface area contributed by atoms with Gasteiger partial charge in [-0.3, -0.25) is 4.79 Å². The molecule has 10 heavy (non-hydrogen) atoms. The van der Waals surface area contributed by atoms with Crippen molar-refractivity contribution in [3.63, 3.8) is 0 Å². The second-order valence-corrected chi connectivity index (χ2v) is 2.70. The van der Waals surface area contributed by atoms with Gasteiger partial charge in [0.05, 0.1) is 0 Å². The molecule has 1 aliphatic heterocycles. The molecule has 2 N–H and O–H groups in total. The van der Waals surface area contributed by atoms with Crippen LogP contribution in [0.5, 0.6) is 0 Å². The molecule has 1 heterocycles. The fraction of sp³-hybridized carbons (Fsp3) is 0.600. The molecule has 0 aromatic heterocycles. The smallest absolute Gasteiger partial charge is 0.305 e. The van der Waals surface area contributed by atoms with Gasteiger partial charge in [-0.1, -0.05) is 11.8 Å². The number of hydrogen-bond acceptors (Lipinski definition) is 3. The van der Waals surface area contributed by atoms with Gasteiger partial charge in [-0.25, -0.2) is 4.99 Å². The van der Waals surface area contributed by atoms with Gasteiger partial charge in [-0.15, -0.1) is 12.4 Å². The van der Waals surface area contributed by atoms with Gasteiger partial charge in [0.1, 0.15) is 0 Å². The highest BCUT2D eigenvalue weighted by Crippen LogP contribution is 2.14. The Morgan fingerprint density at radius 2 is 2.40 bits per heavy atom. The van der Waals surface area contributed by atoms with Gasteiger partial charge in [-0.05, 0) is 13.0 Å². The van der Waals surface area contributed by atoms with Crippen molar-refractivity contribution < 1.29 is 4.79 Å². The van der Waals surface area contributed by atoms with E-state index in [1.807, 2.05) is 0 Å². The average Bonchev–Trinajstić information content (AvgIpc) is 2.17. The third-order valence-electron chi connectivity index (χ3n) is 1.04. The van der Waals surface area contributed by atoms with E-state index in [0.717, 1.165) is 17.9 Å². The van der Waals surface area contributed by atoms with Crippen molar-refractivity contribution in [2.45, 2.75) is 6.42 Å². The third kappa shape index (κ3) is 2.68. The van der Waals surface area contributed by atoms with Crippen molar-refractivity contribution in [2.24, 2.45) is 10.7 Å². The van der Waals surface area contributed by atoms with Crippen molar-refractivity contribution in [3.05, 3.63) is 0 Å². The first-order chi connectivity index (χ1) is 4.33. The van der Waals surface area contributed by atoms with Crippen LogP contribution in [0.1, 0.15) is 6.42 Å². The minimum atomic E-state index is -0.0709. The fourth-order valence-electron chi connectivity index (χ4n) is 0.633. The topological polar surface area (TPSA) is 55.4 Å². The lowest BCUT2D eigenvalue weighted by Gasteiger charge is -1.89. The predicted molar refractivity (Wildman–Crippen MR) is 46.2 cm³/mol. The first kappa shape index (κ1) is 9.94. The molecule has 0 spiro atoms. The summed E-state index contributed by atoms with van der Waals surface area (Å²) in [6.45, 7) is 0.590. The quantitative estimate of drug-likeness (QED) is 0.692. The molecule has 1 rings (SSSR count). The highest BCUT2D eigenvalue weighted by atomic mass is 35.5. The Kier molecular flexibility index (Phi) is 4.68. The molecular formula is C5H9ClN2OS. The van der Waals surface area contributed by atoms with E-state index < -0.39 is 0 Å². The number of hydrogen-bond donors (Lipinski definition) is 1. The number of nitrogens with zero attached hydrogens (tertiary/aromatic N) is 1. The lowest BCUT2D eigenvalue weighted by atomic mass is 10.3. The van der Waals surface area contributed by atoms with Crippen molar-refractivity contribution >= 4 is 35.1 Å². The molecule has 0 aromatic carbocycles. The van der Waals surface area contributed by atoms with Gasteiger partial charge < -0.3 is 5.73 Å². The molecule has 0 radical (unpaired) electrons. The van der Waals surface area contributed by atoms with Crippen LogP contribution in [0.25, 0.3) is 0 Å². The van der Waals surface area contributed by atoms with Crippen LogP contribution in [0.2, 0.25) is 0 Å². The van der Waals surface area contributed by atoms with E-state index in [1.54, 1.807) is 0 Å². The van der Waals surface area contributed by atoms with Crippen LogP contribution in [0, 0.1) is 0 Å². The van der Waals surface area contributed by atoms with Gasteiger partial charge in [0.15, 0.2) is 0 Å². The highest BCUT2D eigenvalue weighted by molar-refractivity contribution is 8.14. The SMILES string of the molecule is Cl.NCCC1=NC(=O)SC1. The van der Waals surface area contributed by atoms with Gasteiger partial charge in [-0.2, -0.15) is 0 Å². The molecule has 0 aliphatic carbocycles. The Morgan fingerprint density at radius 1 is 1.70 bits per heavy atom. The fourth-order valence-corrected chi connectivity index (χ4v) is 1.33. The lowest BCUT2D eigenvalue weighted by Crippen LogP contribution is -2.07. The van der Waals surface area contributed by atoms with Gasteiger partial charge in [0.25, 0.3) is 0 Å². The normalized spacial score (nSPS) is 16.5. The van der Waals surface area contributed by atoms with Gasteiger partial charge in [0.2, 0.25) is 0 Å². The number of amides is 1. The number of carbonyl (C=O) groups excluding carboxylic acids is 1. The molecule has 5 heteroatoms. The maximum Gasteiger partial charge on any atom is 0.305 e. The molecule has 0 unspecified atom stereocenters. The van der Waals surface area contributed by atoms with E-state index in [1.165, 1.54) is 11.8 Å². The molecule has 0 saturated heterocycles. The van der Waals surface area contributed by atoms with Crippen molar-refractivity contribution in [3.8, 4) is 0 Å². The summed E-state index contributed by atoms with van der Waals surface area (Å²) in [5.41, 5.74) is 6.19. The monoisotopic (exact) mass is 180 g/mol. The molecule has 0 atom stereocenters. The van der Waals surface area contributed by atoms with E-state index in [9.17, 15) is 4.79 Å². The zero-order valence-electron chi connectivity index (χ0n) is 5.37. The zero-order chi connectivity index (χ0) is 6.69. The Balaban J connectivity index is 0.000000810. The molecule has 1 amide bonds. The Morgan fingerprint density at radius 3 is 2.80 bits per heavy atom. The van der Waals surface area contributed by atoms with Gasteiger partial charge >= 0.3 is 5.24 Å². The van der Waals surface area contributed by atoms with E-state index in [0.29, 0.717) is 6.54 Å². The third-order valence-corrected chi connectivity index (χ3v) is 1.86. The predicted octanol–water partition coefficient (Wildman–Crippen LogP) is 1.06. The molecule has 0 saturated carbocycles. The number of carbonyl (C=O) groups is 1. The summed E-state index contributed by atoms with van der Waals surface area (Å²) in [5, 5.41) is -0.0709. The van der Waals surface area contributed by atoms with Crippen LogP contribution in [-0.4, -0.2) is 23.2 Å². The second-order valence-electron chi connectivity index (χ2n) is 1.77. The maximum absolute atomic E-state index is 10.5. The Hall–Kier alpha value is -0.0600. The lowest BCUT2D eigenvalue weighted by molar-refractivity contribution is 0.268. The van der Waals surface area contributed by atoms with Crippen LogP contribution >= 0.6 is 24.2 Å². The van der Waals surface area contributed by atoms with E-state index >= 15 is 0 Å². The minimum Gasteiger partial charge on any atom is -0.330 e. The van der Waals surface area contributed by atoms with Crippen LogP contribution < -0.4 is 5.73 Å².